The molecule has 0 saturated heterocycles. The van der Waals surface area contributed by atoms with E-state index < -0.39 is 11.7 Å². The molecule has 1 aromatic carbocycles. The van der Waals surface area contributed by atoms with Gasteiger partial charge in [-0.1, -0.05) is 22.0 Å². The summed E-state index contributed by atoms with van der Waals surface area (Å²) in [6.45, 7) is 0. The molecule has 9 heteroatoms. The number of aromatic nitrogens is 3. The standard InChI is InChI=1S/C17H9Br2FN4OS/c18-9-6-10(19)16(11(20)7-9)22-17(25)12-8-15-21-4-3-13(24(15)23-12)14-2-1-5-26-14/h1-8H,(H,22,25). The molecular formula is C17H9Br2FN4OS. The van der Waals surface area contributed by atoms with E-state index in [1.807, 2.05) is 23.6 Å². The van der Waals surface area contributed by atoms with Gasteiger partial charge in [-0.05, 0) is 45.6 Å². The topological polar surface area (TPSA) is 59.3 Å². The molecular weight excluding hydrogens is 487 g/mol. The largest absolute Gasteiger partial charge is 0.317 e. The summed E-state index contributed by atoms with van der Waals surface area (Å²) in [6.07, 6.45) is 1.67. The van der Waals surface area contributed by atoms with Gasteiger partial charge in [-0.2, -0.15) is 5.10 Å². The van der Waals surface area contributed by atoms with E-state index >= 15 is 0 Å². The van der Waals surface area contributed by atoms with E-state index in [0.29, 0.717) is 14.6 Å². The van der Waals surface area contributed by atoms with E-state index in [0.717, 1.165) is 10.6 Å². The van der Waals surface area contributed by atoms with Crippen LogP contribution in [0.2, 0.25) is 0 Å². The van der Waals surface area contributed by atoms with Crippen LogP contribution in [0.1, 0.15) is 10.5 Å². The van der Waals surface area contributed by atoms with E-state index in [4.69, 9.17) is 0 Å². The van der Waals surface area contributed by atoms with E-state index in [2.05, 4.69) is 47.3 Å². The van der Waals surface area contributed by atoms with Gasteiger partial charge in [0.05, 0.1) is 16.3 Å². The Balaban J connectivity index is 1.72. The Bertz CT molecular complexity index is 1100. The fraction of sp³-hybridized carbons (Fsp3) is 0. The van der Waals surface area contributed by atoms with Gasteiger partial charge in [0.25, 0.3) is 5.91 Å². The molecule has 4 rings (SSSR count). The third-order valence-electron chi connectivity index (χ3n) is 3.61. The first-order valence-corrected chi connectivity index (χ1v) is 9.84. The molecule has 0 aliphatic heterocycles. The van der Waals surface area contributed by atoms with Crippen LogP contribution in [0.3, 0.4) is 0 Å². The molecule has 26 heavy (non-hydrogen) atoms. The van der Waals surface area contributed by atoms with Gasteiger partial charge in [-0.3, -0.25) is 4.79 Å². The molecule has 0 aliphatic rings. The Morgan fingerprint density at radius 2 is 2.08 bits per heavy atom. The molecule has 1 N–H and O–H groups in total. The molecule has 0 fully saturated rings. The van der Waals surface area contributed by atoms with Crippen molar-refractivity contribution < 1.29 is 9.18 Å². The Morgan fingerprint density at radius 1 is 1.23 bits per heavy atom. The average molecular weight is 496 g/mol. The lowest BCUT2D eigenvalue weighted by molar-refractivity contribution is 0.102. The molecule has 130 valence electrons. The summed E-state index contributed by atoms with van der Waals surface area (Å²) in [6, 6.07) is 10.2. The van der Waals surface area contributed by atoms with E-state index in [9.17, 15) is 9.18 Å². The van der Waals surface area contributed by atoms with Crippen LogP contribution in [-0.2, 0) is 0 Å². The number of benzene rings is 1. The van der Waals surface area contributed by atoms with Gasteiger partial charge in [0.2, 0.25) is 0 Å². The number of fused-ring (bicyclic) bond motifs is 1. The number of nitrogens with one attached hydrogen (secondary N) is 1. The van der Waals surface area contributed by atoms with Gasteiger partial charge >= 0.3 is 0 Å². The number of hydrogen-bond acceptors (Lipinski definition) is 4. The molecule has 0 atom stereocenters. The van der Waals surface area contributed by atoms with Crippen LogP contribution >= 0.6 is 43.2 Å². The molecule has 0 saturated carbocycles. The van der Waals surface area contributed by atoms with Crippen molar-refractivity contribution in [2.24, 2.45) is 0 Å². The third-order valence-corrected chi connectivity index (χ3v) is 5.59. The van der Waals surface area contributed by atoms with Crippen molar-refractivity contribution in [2.45, 2.75) is 0 Å². The summed E-state index contributed by atoms with van der Waals surface area (Å²) in [5, 5.41) is 8.86. The summed E-state index contributed by atoms with van der Waals surface area (Å²) in [5.41, 5.74) is 1.58. The zero-order valence-electron chi connectivity index (χ0n) is 12.9. The number of carbonyl (C=O) groups is 1. The van der Waals surface area contributed by atoms with E-state index in [1.54, 1.807) is 34.2 Å². The predicted molar refractivity (Wildman–Crippen MR) is 106 cm³/mol. The van der Waals surface area contributed by atoms with Crippen molar-refractivity contribution in [3.05, 3.63) is 68.4 Å². The molecule has 0 unspecified atom stereocenters. The third kappa shape index (κ3) is 3.17. The fourth-order valence-corrected chi connectivity index (χ4v) is 4.46. The Labute approximate surface area is 168 Å². The number of carbonyl (C=O) groups excluding carboxylic acids is 1. The molecule has 0 bridgehead atoms. The zero-order valence-corrected chi connectivity index (χ0v) is 16.9. The highest BCUT2D eigenvalue weighted by Gasteiger charge is 2.18. The summed E-state index contributed by atoms with van der Waals surface area (Å²) in [7, 11) is 0. The van der Waals surface area contributed by atoms with Crippen molar-refractivity contribution in [1.82, 2.24) is 14.6 Å². The first-order chi connectivity index (χ1) is 12.5. The van der Waals surface area contributed by atoms with Crippen LogP contribution in [0.5, 0.6) is 0 Å². The van der Waals surface area contributed by atoms with E-state index in [-0.39, 0.29) is 11.4 Å². The van der Waals surface area contributed by atoms with Crippen LogP contribution in [0.4, 0.5) is 10.1 Å². The number of amides is 1. The van der Waals surface area contributed by atoms with Crippen LogP contribution in [0, 0.1) is 5.82 Å². The van der Waals surface area contributed by atoms with Gasteiger partial charge < -0.3 is 5.32 Å². The van der Waals surface area contributed by atoms with Gasteiger partial charge in [-0.25, -0.2) is 13.9 Å². The van der Waals surface area contributed by atoms with Crippen LogP contribution in [0.25, 0.3) is 16.2 Å². The van der Waals surface area contributed by atoms with Crippen LogP contribution in [-0.4, -0.2) is 20.5 Å². The fourth-order valence-electron chi connectivity index (χ4n) is 2.46. The second kappa shape index (κ2) is 6.90. The number of nitrogens with zero attached hydrogens (tertiary/aromatic N) is 3. The van der Waals surface area contributed by atoms with Crippen molar-refractivity contribution in [3.63, 3.8) is 0 Å². The Morgan fingerprint density at radius 3 is 2.81 bits per heavy atom. The number of halogens is 3. The van der Waals surface area contributed by atoms with Gasteiger partial charge in [-0.15, -0.1) is 11.3 Å². The summed E-state index contributed by atoms with van der Waals surface area (Å²) in [4.78, 5) is 17.8. The number of anilines is 1. The summed E-state index contributed by atoms with van der Waals surface area (Å²) in [5.74, 6) is -1.07. The SMILES string of the molecule is O=C(Nc1c(F)cc(Br)cc1Br)c1cc2nccc(-c3cccs3)n2n1. The smallest absolute Gasteiger partial charge is 0.276 e. The maximum atomic E-state index is 14.1. The minimum atomic E-state index is -0.555. The molecule has 3 aromatic heterocycles. The minimum Gasteiger partial charge on any atom is -0.317 e. The molecule has 0 spiro atoms. The summed E-state index contributed by atoms with van der Waals surface area (Å²) < 4.78 is 16.7. The second-order valence-corrected chi connectivity index (χ2v) is 8.02. The normalized spacial score (nSPS) is 11.0. The first kappa shape index (κ1) is 17.3. The first-order valence-electron chi connectivity index (χ1n) is 7.37. The lowest BCUT2D eigenvalue weighted by Crippen LogP contribution is -2.14. The minimum absolute atomic E-state index is 0.0571. The van der Waals surface area contributed by atoms with Gasteiger partial charge in [0.15, 0.2) is 11.3 Å². The van der Waals surface area contributed by atoms with Crippen molar-refractivity contribution in [3.8, 4) is 10.6 Å². The molecule has 5 nitrogen and oxygen atoms in total. The molecule has 4 aromatic rings. The Kier molecular flexibility index (Phi) is 4.60. The lowest BCUT2D eigenvalue weighted by Gasteiger charge is -2.07. The number of thiophene rings is 1. The lowest BCUT2D eigenvalue weighted by atomic mass is 10.3. The summed E-state index contributed by atoms with van der Waals surface area (Å²) >= 11 is 8.02. The molecule has 0 aliphatic carbocycles. The highest BCUT2D eigenvalue weighted by molar-refractivity contribution is 9.11. The highest BCUT2D eigenvalue weighted by atomic mass is 79.9. The maximum Gasteiger partial charge on any atom is 0.276 e. The number of rotatable bonds is 3. The highest BCUT2D eigenvalue weighted by Crippen LogP contribution is 2.30. The second-order valence-electron chi connectivity index (χ2n) is 5.31. The molecule has 1 amide bonds. The zero-order chi connectivity index (χ0) is 18.3. The van der Waals surface area contributed by atoms with Crippen LogP contribution < -0.4 is 5.32 Å². The van der Waals surface area contributed by atoms with E-state index in [1.165, 1.54) is 6.07 Å². The average Bonchev–Trinajstić information content (AvgIpc) is 3.26. The predicted octanol–water partition coefficient (Wildman–Crippen LogP) is 5.37. The van der Waals surface area contributed by atoms with Crippen molar-refractivity contribution in [1.29, 1.82) is 0 Å². The number of hydrogen-bond donors (Lipinski definition) is 1. The molecule has 0 radical (unpaired) electrons. The maximum absolute atomic E-state index is 14.1. The molecule has 3 heterocycles. The van der Waals surface area contributed by atoms with Gasteiger partial charge in [0.1, 0.15) is 5.82 Å². The van der Waals surface area contributed by atoms with Crippen molar-refractivity contribution in [2.75, 3.05) is 5.32 Å². The van der Waals surface area contributed by atoms with Crippen LogP contribution in [0.15, 0.2) is 56.9 Å². The van der Waals surface area contributed by atoms with Crippen molar-refractivity contribution >= 4 is 60.4 Å². The monoisotopic (exact) mass is 494 g/mol. The quantitative estimate of drug-likeness (QED) is 0.415. The Hall–Kier alpha value is -2.10. The van der Waals surface area contributed by atoms with Gasteiger partial charge in [0, 0.05) is 21.2 Å².